The first-order valence-electron chi connectivity index (χ1n) is 10.5. The minimum absolute atomic E-state index is 0.154. The number of carbonyl (C=O) groups is 1. The monoisotopic (exact) mass is 457 g/mol. The van der Waals surface area contributed by atoms with Crippen molar-refractivity contribution in [3.63, 3.8) is 0 Å². The third-order valence-electron chi connectivity index (χ3n) is 5.42. The summed E-state index contributed by atoms with van der Waals surface area (Å²) in [5, 5.41) is 3.33. The van der Waals surface area contributed by atoms with E-state index in [9.17, 15) is 9.59 Å². The summed E-state index contributed by atoms with van der Waals surface area (Å²) in [7, 11) is 0. The number of hydrogen-bond donors (Lipinski definition) is 2. The summed E-state index contributed by atoms with van der Waals surface area (Å²) >= 11 is 1.37. The van der Waals surface area contributed by atoms with E-state index in [-0.39, 0.29) is 17.9 Å². The maximum atomic E-state index is 12.6. The molecule has 0 aliphatic carbocycles. The lowest BCUT2D eigenvalue weighted by Gasteiger charge is -2.27. The summed E-state index contributed by atoms with van der Waals surface area (Å²) in [5.41, 5.74) is 1.68. The average Bonchev–Trinajstić information content (AvgIpc) is 3.18. The van der Waals surface area contributed by atoms with Crippen molar-refractivity contribution in [3.05, 3.63) is 33.7 Å². The highest BCUT2D eigenvalue weighted by Crippen LogP contribution is 2.37. The molecular weight excluding hydrogens is 434 g/mol. The Balaban J connectivity index is 1.24. The van der Waals surface area contributed by atoms with Crippen LogP contribution in [-0.2, 0) is 16.0 Å². The molecule has 2 aromatic heterocycles. The zero-order chi connectivity index (χ0) is 22.1. The largest absolute Gasteiger partial charge is 0.486 e. The number of anilines is 2. The number of H-pyrrole nitrogens is 1. The Labute approximate surface area is 187 Å². The maximum Gasteiger partial charge on any atom is 0.255 e. The van der Waals surface area contributed by atoms with Crippen LogP contribution >= 0.6 is 11.3 Å². The van der Waals surface area contributed by atoms with Crippen LogP contribution < -0.4 is 25.2 Å². The number of fused-ring (bicyclic) bond motifs is 2. The smallest absolute Gasteiger partial charge is 0.255 e. The number of carbonyl (C=O) groups excluding carboxylic acids is 1. The van der Waals surface area contributed by atoms with Crippen molar-refractivity contribution in [3.8, 4) is 11.5 Å². The molecule has 0 spiro atoms. The normalized spacial score (nSPS) is 15.7. The zero-order valence-corrected chi connectivity index (χ0v) is 18.4. The van der Waals surface area contributed by atoms with Crippen molar-refractivity contribution in [1.29, 1.82) is 0 Å². The predicted octanol–water partition coefficient (Wildman–Crippen LogP) is 1.87. The molecule has 10 nitrogen and oxygen atoms in total. The van der Waals surface area contributed by atoms with Crippen LogP contribution in [-0.4, -0.2) is 60.4 Å². The number of thiazole rings is 1. The van der Waals surface area contributed by atoms with Gasteiger partial charge in [0.15, 0.2) is 16.6 Å². The number of aryl methyl sites for hydroxylation is 1. The fourth-order valence-corrected chi connectivity index (χ4v) is 4.65. The molecule has 5 rings (SSSR count). The lowest BCUT2D eigenvalue weighted by Crippen LogP contribution is -2.38. The van der Waals surface area contributed by atoms with Crippen LogP contribution in [0.3, 0.4) is 0 Å². The van der Waals surface area contributed by atoms with E-state index in [2.05, 4.69) is 20.3 Å². The predicted molar refractivity (Wildman–Crippen MR) is 120 cm³/mol. The molecule has 0 radical (unpaired) electrons. The number of aromatic amines is 1. The Morgan fingerprint density at radius 1 is 1.16 bits per heavy atom. The molecule has 1 aromatic carbocycles. The summed E-state index contributed by atoms with van der Waals surface area (Å²) in [6, 6.07) is 3.70. The fraction of sp³-hybridized carbons (Fsp3) is 0.429. The van der Waals surface area contributed by atoms with E-state index < -0.39 is 0 Å². The number of benzene rings is 1. The van der Waals surface area contributed by atoms with Crippen LogP contribution in [0, 0.1) is 6.92 Å². The zero-order valence-electron chi connectivity index (χ0n) is 17.6. The van der Waals surface area contributed by atoms with Gasteiger partial charge in [0.1, 0.15) is 13.2 Å². The Kier molecular flexibility index (Phi) is 5.66. The molecule has 0 unspecified atom stereocenters. The second-order valence-electron chi connectivity index (χ2n) is 7.58. The Morgan fingerprint density at radius 2 is 1.91 bits per heavy atom. The topological polar surface area (TPSA) is 119 Å². The number of amides is 1. The van der Waals surface area contributed by atoms with Crippen molar-refractivity contribution in [2.75, 3.05) is 49.7 Å². The number of ether oxygens (including phenoxy) is 3. The Morgan fingerprint density at radius 3 is 2.66 bits per heavy atom. The van der Waals surface area contributed by atoms with Gasteiger partial charge in [-0.25, -0.2) is 9.97 Å². The van der Waals surface area contributed by atoms with Gasteiger partial charge in [-0.05, 0) is 13.3 Å². The minimum atomic E-state index is -0.211. The summed E-state index contributed by atoms with van der Waals surface area (Å²) < 4.78 is 17.4. The highest BCUT2D eigenvalue weighted by molar-refractivity contribution is 7.22. The van der Waals surface area contributed by atoms with Crippen LogP contribution in [0.1, 0.15) is 17.7 Å². The van der Waals surface area contributed by atoms with E-state index in [1.165, 1.54) is 11.3 Å². The van der Waals surface area contributed by atoms with Crippen LogP contribution in [0.15, 0.2) is 16.9 Å². The van der Waals surface area contributed by atoms with Gasteiger partial charge in [-0.2, -0.15) is 0 Å². The lowest BCUT2D eigenvalue weighted by molar-refractivity contribution is -0.116. The summed E-state index contributed by atoms with van der Waals surface area (Å²) in [6.07, 6.45) is 0.450. The van der Waals surface area contributed by atoms with E-state index in [4.69, 9.17) is 14.2 Å². The van der Waals surface area contributed by atoms with Crippen LogP contribution in [0.25, 0.3) is 10.2 Å². The van der Waals surface area contributed by atoms with E-state index in [1.54, 1.807) is 6.92 Å². The summed E-state index contributed by atoms with van der Waals surface area (Å²) in [6.45, 7) is 5.42. The maximum absolute atomic E-state index is 12.6. The highest BCUT2D eigenvalue weighted by Gasteiger charge is 2.18. The second kappa shape index (κ2) is 8.75. The molecule has 0 bridgehead atoms. The molecule has 2 aliphatic heterocycles. The third kappa shape index (κ3) is 4.26. The van der Waals surface area contributed by atoms with Crippen molar-refractivity contribution in [1.82, 2.24) is 15.0 Å². The molecule has 11 heteroatoms. The molecule has 2 aliphatic rings. The number of nitrogens with one attached hydrogen (secondary N) is 2. The van der Waals surface area contributed by atoms with Gasteiger partial charge in [0.2, 0.25) is 11.9 Å². The van der Waals surface area contributed by atoms with Crippen molar-refractivity contribution in [2.45, 2.75) is 19.8 Å². The molecular formula is C21H23N5O5S. The van der Waals surface area contributed by atoms with Crippen LogP contribution in [0.2, 0.25) is 0 Å². The van der Waals surface area contributed by atoms with E-state index >= 15 is 0 Å². The number of hydrogen-bond acceptors (Lipinski definition) is 9. The number of nitrogens with zero attached hydrogens (tertiary/aromatic N) is 3. The number of morpholine rings is 1. The Hall–Kier alpha value is -3.18. The fourth-order valence-electron chi connectivity index (χ4n) is 3.75. The molecule has 1 saturated heterocycles. The van der Waals surface area contributed by atoms with Gasteiger partial charge in [-0.15, -0.1) is 0 Å². The van der Waals surface area contributed by atoms with Gasteiger partial charge in [-0.3, -0.25) is 14.6 Å². The van der Waals surface area contributed by atoms with E-state index in [1.807, 2.05) is 17.0 Å². The molecule has 0 saturated carbocycles. The number of rotatable bonds is 5. The van der Waals surface area contributed by atoms with Gasteiger partial charge < -0.3 is 24.4 Å². The van der Waals surface area contributed by atoms with Gasteiger partial charge in [0.05, 0.1) is 23.4 Å². The first-order chi connectivity index (χ1) is 15.6. The molecule has 32 heavy (non-hydrogen) atoms. The minimum Gasteiger partial charge on any atom is -0.486 e. The van der Waals surface area contributed by atoms with E-state index in [0.717, 1.165) is 10.2 Å². The lowest BCUT2D eigenvalue weighted by atomic mass is 10.1. The summed E-state index contributed by atoms with van der Waals surface area (Å²) in [4.78, 5) is 38.9. The van der Waals surface area contributed by atoms with Gasteiger partial charge in [0.25, 0.3) is 5.56 Å². The number of aromatic nitrogens is 3. The molecule has 168 valence electrons. The van der Waals surface area contributed by atoms with E-state index in [0.29, 0.717) is 79.8 Å². The van der Waals surface area contributed by atoms with Crippen molar-refractivity contribution >= 4 is 38.5 Å². The highest BCUT2D eigenvalue weighted by atomic mass is 32.1. The molecule has 2 N–H and O–H groups in total. The quantitative estimate of drug-likeness (QED) is 0.596. The first kappa shape index (κ1) is 20.7. The molecule has 1 fully saturated rings. The van der Waals surface area contributed by atoms with Crippen LogP contribution in [0.4, 0.5) is 11.1 Å². The van der Waals surface area contributed by atoms with Crippen molar-refractivity contribution in [2.24, 2.45) is 0 Å². The van der Waals surface area contributed by atoms with Gasteiger partial charge in [0, 0.05) is 42.9 Å². The molecule has 4 heterocycles. The molecule has 0 atom stereocenters. The molecule has 1 amide bonds. The van der Waals surface area contributed by atoms with Gasteiger partial charge >= 0.3 is 0 Å². The van der Waals surface area contributed by atoms with Crippen molar-refractivity contribution < 1.29 is 19.0 Å². The van der Waals surface area contributed by atoms with Crippen LogP contribution in [0.5, 0.6) is 11.5 Å². The second-order valence-corrected chi connectivity index (χ2v) is 8.61. The summed E-state index contributed by atoms with van der Waals surface area (Å²) in [5.74, 6) is 1.69. The average molecular weight is 458 g/mol. The Bertz CT molecular complexity index is 1170. The van der Waals surface area contributed by atoms with Gasteiger partial charge in [-0.1, -0.05) is 11.3 Å². The standard InChI is InChI=1S/C21H23N5O5S/c1-12-13(19(28)25-20(22-12)26-4-6-29-7-5-26)2-3-18(27)24-21-23-14-10-15-16(11-17(14)32-21)31-9-8-30-15/h10-11H,2-9H2,1H3,(H,22,25,28)(H,23,24,27). The third-order valence-corrected chi connectivity index (χ3v) is 6.35. The first-order valence-corrected chi connectivity index (χ1v) is 11.3. The molecule has 3 aromatic rings. The SMILES string of the molecule is Cc1nc(N2CCOCC2)[nH]c(=O)c1CCC(=O)Nc1nc2cc3c(cc2s1)OCCO3.